The lowest BCUT2D eigenvalue weighted by molar-refractivity contribution is 0.232. The van der Waals surface area contributed by atoms with Crippen molar-refractivity contribution in [3.05, 3.63) is 35.9 Å². The highest BCUT2D eigenvalue weighted by Gasteiger charge is 2.32. The van der Waals surface area contributed by atoms with Crippen LogP contribution in [0.25, 0.3) is 0 Å². The minimum absolute atomic E-state index is 0.494. The van der Waals surface area contributed by atoms with Crippen molar-refractivity contribution in [3.63, 3.8) is 0 Å². The average molecular weight is 236 g/mol. The summed E-state index contributed by atoms with van der Waals surface area (Å²) < 4.78 is 11.9. The Labute approximate surface area is 97.9 Å². The molecule has 0 heterocycles. The van der Waals surface area contributed by atoms with E-state index in [0.717, 1.165) is 6.16 Å². The predicted molar refractivity (Wildman–Crippen MR) is 65.3 cm³/mol. The lowest BCUT2D eigenvalue weighted by atomic mass is 10.2. The molecule has 0 radical (unpaired) electrons. The zero-order chi connectivity index (χ0) is 10.8. The molecule has 2 aliphatic carbocycles. The Balaban J connectivity index is 1.57. The first kappa shape index (κ1) is 10.7. The molecule has 2 fully saturated rings. The van der Waals surface area contributed by atoms with Crippen LogP contribution in [0.1, 0.15) is 31.2 Å². The number of benzene rings is 1. The van der Waals surface area contributed by atoms with Crippen LogP contribution in [0.5, 0.6) is 0 Å². The fraction of sp³-hybridized carbons (Fsp3) is 0.538. The van der Waals surface area contributed by atoms with Crippen LogP contribution in [0, 0.1) is 0 Å². The van der Waals surface area contributed by atoms with E-state index >= 15 is 0 Å². The zero-order valence-electron chi connectivity index (χ0n) is 9.34. The summed E-state index contributed by atoms with van der Waals surface area (Å²) in [4.78, 5) is 0. The quantitative estimate of drug-likeness (QED) is 0.698. The van der Waals surface area contributed by atoms with Gasteiger partial charge in [-0.25, -0.2) is 0 Å². The van der Waals surface area contributed by atoms with Gasteiger partial charge in [-0.05, 0) is 31.2 Å². The third-order valence-electron chi connectivity index (χ3n) is 2.74. The summed E-state index contributed by atoms with van der Waals surface area (Å²) in [5.74, 6) is 0. The summed E-state index contributed by atoms with van der Waals surface area (Å²) in [6.45, 7) is 0. The van der Waals surface area contributed by atoms with Crippen LogP contribution in [0.15, 0.2) is 30.3 Å². The van der Waals surface area contributed by atoms with Gasteiger partial charge in [-0.3, -0.25) is 0 Å². The molecule has 0 aliphatic heterocycles. The molecule has 0 atom stereocenters. The Morgan fingerprint density at radius 3 is 2.00 bits per heavy atom. The molecule has 0 N–H and O–H groups in total. The molecule has 0 unspecified atom stereocenters. The van der Waals surface area contributed by atoms with Crippen molar-refractivity contribution in [1.29, 1.82) is 0 Å². The maximum atomic E-state index is 5.96. The van der Waals surface area contributed by atoms with Gasteiger partial charge in [0.25, 0.3) is 0 Å². The largest absolute Gasteiger partial charge is 0.330 e. The average Bonchev–Trinajstić information content (AvgIpc) is 3.15. The maximum Gasteiger partial charge on any atom is 0.175 e. The number of hydrogen-bond donors (Lipinski definition) is 0. The molecule has 1 aromatic carbocycles. The third kappa shape index (κ3) is 3.28. The minimum Gasteiger partial charge on any atom is -0.330 e. The van der Waals surface area contributed by atoms with Gasteiger partial charge in [-0.15, -0.1) is 0 Å². The molecular weight excluding hydrogens is 219 g/mol. The van der Waals surface area contributed by atoms with Crippen molar-refractivity contribution < 1.29 is 9.05 Å². The van der Waals surface area contributed by atoms with Crippen LogP contribution in [0.4, 0.5) is 0 Å². The Morgan fingerprint density at radius 2 is 1.50 bits per heavy atom. The van der Waals surface area contributed by atoms with E-state index in [0.29, 0.717) is 12.2 Å². The fourth-order valence-corrected chi connectivity index (χ4v) is 3.31. The van der Waals surface area contributed by atoms with E-state index in [4.69, 9.17) is 9.05 Å². The first-order chi connectivity index (χ1) is 7.90. The van der Waals surface area contributed by atoms with Gasteiger partial charge in [0.05, 0.1) is 12.2 Å². The number of rotatable bonds is 6. The highest BCUT2D eigenvalue weighted by molar-refractivity contribution is 7.46. The summed E-state index contributed by atoms with van der Waals surface area (Å²) in [7, 11) is -0.691. The lowest BCUT2D eigenvalue weighted by Crippen LogP contribution is -1.97. The van der Waals surface area contributed by atoms with Crippen LogP contribution in [0.3, 0.4) is 0 Å². The molecule has 2 saturated carbocycles. The van der Waals surface area contributed by atoms with Gasteiger partial charge in [-0.2, -0.15) is 0 Å². The third-order valence-corrected chi connectivity index (χ3v) is 4.43. The Kier molecular flexibility index (Phi) is 3.23. The van der Waals surface area contributed by atoms with Crippen molar-refractivity contribution in [2.24, 2.45) is 0 Å². The second-order valence-corrected chi connectivity index (χ2v) is 5.99. The zero-order valence-corrected chi connectivity index (χ0v) is 10.2. The second kappa shape index (κ2) is 4.83. The minimum atomic E-state index is -0.691. The summed E-state index contributed by atoms with van der Waals surface area (Å²) in [6.07, 6.45) is 6.83. The highest BCUT2D eigenvalue weighted by atomic mass is 31.2. The van der Waals surface area contributed by atoms with Gasteiger partial charge in [0.15, 0.2) is 8.38 Å². The van der Waals surface area contributed by atoms with Crippen LogP contribution in [0.2, 0.25) is 0 Å². The smallest absolute Gasteiger partial charge is 0.175 e. The van der Waals surface area contributed by atoms with Crippen molar-refractivity contribution in [1.82, 2.24) is 0 Å². The molecule has 0 amide bonds. The van der Waals surface area contributed by atoms with Crippen LogP contribution in [-0.4, -0.2) is 12.2 Å². The number of hydrogen-bond acceptors (Lipinski definition) is 2. The first-order valence-corrected chi connectivity index (χ1v) is 7.41. The second-order valence-electron chi connectivity index (χ2n) is 4.59. The van der Waals surface area contributed by atoms with E-state index in [1.165, 1.54) is 31.2 Å². The van der Waals surface area contributed by atoms with Gasteiger partial charge < -0.3 is 9.05 Å². The van der Waals surface area contributed by atoms with Crippen molar-refractivity contribution in [2.45, 2.75) is 44.1 Å². The summed E-state index contributed by atoms with van der Waals surface area (Å²) in [5.41, 5.74) is 1.33. The molecule has 86 valence electrons. The van der Waals surface area contributed by atoms with E-state index in [9.17, 15) is 0 Å². The molecule has 1 aromatic rings. The van der Waals surface area contributed by atoms with E-state index in [2.05, 4.69) is 30.3 Å². The molecule has 2 nitrogen and oxygen atoms in total. The van der Waals surface area contributed by atoms with Gasteiger partial charge in [0.2, 0.25) is 0 Å². The normalized spacial score (nSPS) is 20.3. The van der Waals surface area contributed by atoms with Crippen LogP contribution >= 0.6 is 8.38 Å². The van der Waals surface area contributed by atoms with Gasteiger partial charge in [0, 0.05) is 6.16 Å². The Morgan fingerprint density at radius 1 is 0.938 bits per heavy atom. The van der Waals surface area contributed by atoms with Gasteiger partial charge in [-0.1, -0.05) is 30.3 Å². The van der Waals surface area contributed by atoms with E-state index in [-0.39, 0.29) is 0 Å². The molecule has 2 aliphatic rings. The molecule has 3 heteroatoms. The summed E-state index contributed by atoms with van der Waals surface area (Å²) >= 11 is 0. The molecule has 0 saturated heterocycles. The monoisotopic (exact) mass is 236 g/mol. The summed E-state index contributed by atoms with van der Waals surface area (Å²) in [5, 5.41) is 0. The fourth-order valence-electron chi connectivity index (χ4n) is 1.51. The van der Waals surface area contributed by atoms with Crippen LogP contribution < -0.4 is 0 Å². The first-order valence-electron chi connectivity index (χ1n) is 6.05. The molecule has 0 spiro atoms. The predicted octanol–water partition coefficient (Wildman–Crippen LogP) is 3.86. The lowest BCUT2D eigenvalue weighted by Gasteiger charge is -2.17. The topological polar surface area (TPSA) is 18.5 Å². The maximum absolute atomic E-state index is 5.96. The van der Waals surface area contributed by atoms with Gasteiger partial charge in [0.1, 0.15) is 0 Å². The SMILES string of the molecule is c1ccc(CP(OC2CC2)OC2CC2)cc1. The Bertz CT molecular complexity index is 319. The molecular formula is C13H17O2P. The highest BCUT2D eigenvalue weighted by Crippen LogP contribution is 2.51. The standard InChI is InChI=1S/C13H17O2P/c1-2-4-11(5-3-1)10-16(14-12-6-7-12)15-13-8-9-13/h1-5,12-13H,6-10H2. The molecule has 0 aromatic heterocycles. The molecule has 3 rings (SSSR count). The van der Waals surface area contributed by atoms with E-state index in [1.54, 1.807) is 0 Å². The molecule has 16 heavy (non-hydrogen) atoms. The summed E-state index contributed by atoms with van der Waals surface area (Å²) in [6, 6.07) is 10.5. The van der Waals surface area contributed by atoms with E-state index < -0.39 is 8.38 Å². The molecule has 0 bridgehead atoms. The Hall–Kier alpha value is -0.430. The van der Waals surface area contributed by atoms with Crippen molar-refractivity contribution in [2.75, 3.05) is 0 Å². The van der Waals surface area contributed by atoms with Crippen molar-refractivity contribution >= 4 is 8.38 Å². The van der Waals surface area contributed by atoms with Crippen molar-refractivity contribution in [3.8, 4) is 0 Å². The van der Waals surface area contributed by atoms with E-state index in [1.807, 2.05) is 0 Å². The van der Waals surface area contributed by atoms with Gasteiger partial charge >= 0.3 is 0 Å². The van der Waals surface area contributed by atoms with Crippen LogP contribution in [-0.2, 0) is 15.2 Å².